The first kappa shape index (κ1) is 33.5. The van der Waals surface area contributed by atoms with Crippen LogP contribution in [0.3, 0.4) is 0 Å². The van der Waals surface area contributed by atoms with Crippen LogP contribution in [0.4, 0.5) is 5.69 Å². The van der Waals surface area contributed by atoms with Crippen molar-refractivity contribution in [3.8, 4) is 5.75 Å². The molecule has 2 amide bonds. The molecule has 1 N–H and O–H groups in total. The number of nitrogens with one attached hydrogen (secondary N) is 1. The minimum Gasteiger partial charge on any atom is -0.497 e. The Morgan fingerprint density at radius 3 is 2.19 bits per heavy atom. The maximum absolute atomic E-state index is 14.2. The fraction of sp³-hybridized carbons (Fsp3) is 0.333. The summed E-state index contributed by atoms with van der Waals surface area (Å²) in [4.78, 5) is 29.3. The number of methoxy groups -OCH3 is 1. The van der Waals surface area contributed by atoms with Crippen LogP contribution >= 0.6 is 34.8 Å². The number of hydrogen-bond acceptors (Lipinski definition) is 5. The highest BCUT2D eigenvalue weighted by atomic mass is 35.5. The molecule has 0 saturated carbocycles. The van der Waals surface area contributed by atoms with E-state index in [1.54, 1.807) is 24.3 Å². The number of carbonyl (C=O) groups excluding carboxylic acids is 2. The second-order valence-corrected chi connectivity index (χ2v) is 13.0. The molecule has 3 aromatic carbocycles. The third-order valence-electron chi connectivity index (χ3n) is 6.70. The molecule has 3 aromatic rings. The number of ether oxygens (including phenoxy) is 1. The highest BCUT2D eigenvalue weighted by molar-refractivity contribution is 7.92. The summed E-state index contributed by atoms with van der Waals surface area (Å²) in [5.41, 5.74) is 1.51. The molecule has 42 heavy (non-hydrogen) atoms. The normalized spacial score (nSPS) is 12.7. The molecular formula is C30H34Cl3N3O5S. The lowest BCUT2D eigenvalue weighted by molar-refractivity contribution is -0.140. The zero-order valence-electron chi connectivity index (χ0n) is 23.8. The number of anilines is 1. The Morgan fingerprint density at radius 1 is 0.929 bits per heavy atom. The van der Waals surface area contributed by atoms with Crippen molar-refractivity contribution in [1.29, 1.82) is 0 Å². The number of sulfonamides is 1. The van der Waals surface area contributed by atoms with Gasteiger partial charge < -0.3 is 15.0 Å². The number of halogens is 3. The van der Waals surface area contributed by atoms with Crippen LogP contribution in [0.1, 0.15) is 31.4 Å². The largest absolute Gasteiger partial charge is 0.497 e. The van der Waals surface area contributed by atoms with Crippen LogP contribution in [0, 0.1) is 0 Å². The summed E-state index contributed by atoms with van der Waals surface area (Å²) in [5, 5.41) is 3.19. The molecule has 8 nitrogen and oxygen atoms in total. The van der Waals surface area contributed by atoms with Crippen molar-refractivity contribution < 1.29 is 22.7 Å². The SMILES string of the molecule is CC[C@@H](C)NC(=O)[C@H](Cc1ccccc1)N(Cc1cccc(OC)c1)C(=O)CN(c1cc(Cl)c(Cl)cc1Cl)S(C)(=O)=O. The summed E-state index contributed by atoms with van der Waals surface area (Å²) in [6.45, 7) is 3.20. The van der Waals surface area contributed by atoms with E-state index >= 15 is 0 Å². The molecule has 0 aromatic heterocycles. The number of benzene rings is 3. The monoisotopic (exact) mass is 653 g/mol. The Kier molecular flexibility index (Phi) is 11.9. The second-order valence-electron chi connectivity index (χ2n) is 9.88. The Balaban J connectivity index is 2.11. The maximum atomic E-state index is 14.2. The summed E-state index contributed by atoms with van der Waals surface area (Å²) in [7, 11) is -2.50. The van der Waals surface area contributed by atoms with Gasteiger partial charge >= 0.3 is 0 Å². The lowest BCUT2D eigenvalue weighted by Gasteiger charge is -2.34. The molecule has 2 atom stereocenters. The van der Waals surface area contributed by atoms with Crippen LogP contribution in [-0.2, 0) is 32.6 Å². The van der Waals surface area contributed by atoms with Gasteiger partial charge in [-0.2, -0.15) is 0 Å². The van der Waals surface area contributed by atoms with Gasteiger partial charge in [-0.15, -0.1) is 0 Å². The molecule has 0 spiro atoms. The second kappa shape index (κ2) is 15.0. The summed E-state index contributed by atoms with van der Waals surface area (Å²) < 4.78 is 32.2. The third-order valence-corrected chi connectivity index (χ3v) is 8.85. The van der Waals surface area contributed by atoms with E-state index in [9.17, 15) is 18.0 Å². The van der Waals surface area contributed by atoms with Crippen LogP contribution in [0.2, 0.25) is 15.1 Å². The van der Waals surface area contributed by atoms with Crippen LogP contribution in [0.25, 0.3) is 0 Å². The Hall–Kier alpha value is -2.98. The average Bonchev–Trinajstić information content (AvgIpc) is 2.95. The molecule has 0 aliphatic rings. The highest BCUT2D eigenvalue weighted by Gasteiger charge is 2.34. The molecule has 0 radical (unpaired) electrons. The van der Waals surface area contributed by atoms with Crippen molar-refractivity contribution in [1.82, 2.24) is 10.2 Å². The summed E-state index contributed by atoms with van der Waals surface area (Å²) >= 11 is 18.6. The Bertz CT molecular complexity index is 1510. The first-order valence-electron chi connectivity index (χ1n) is 13.2. The molecule has 0 saturated heterocycles. The minimum absolute atomic E-state index is 0.00248. The predicted octanol–water partition coefficient (Wildman–Crippen LogP) is 5.98. The zero-order valence-corrected chi connectivity index (χ0v) is 26.9. The number of carbonyl (C=O) groups is 2. The molecule has 0 aliphatic carbocycles. The van der Waals surface area contributed by atoms with Gasteiger partial charge in [0.2, 0.25) is 21.8 Å². The molecular weight excluding hydrogens is 621 g/mol. The van der Waals surface area contributed by atoms with Crippen molar-refractivity contribution in [2.24, 2.45) is 0 Å². The molecule has 0 aliphatic heterocycles. The average molecular weight is 655 g/mol. The van der Waals surface area contributed by atoms with E-state index in [-0.39, 0.29) is 45.7 Å². The number of nitrogens with zero attached hydrogens (tertiary/aromatic N) is 2. The van der Waals surface area contributed by atoms with Crippen molar-refractivity contribution in [2.45, 2.75) is 45.3 Å². The van der Waals surface area contributed by atoms with Crippen molar-refractivity contribution in [3.63, 3.8) is 0 Å². The van der Waals surface area contributed by atoms with Crippen LogP contribution in [-0.4, -0.2) is 57.1 Å². The minimum atomic E-state index is -4.03. The molecule has 3 rings (SSSR count). The van der Waals surface area contributed by atoms with Gasteiger partial charge in [-0.1, -0.05) is 84.2 Å². The van der Waals surface area contributed by atoms with Crippen molar-refractivity contribution in [3.05, 3.63) is 92.9 Å². The van der Waals surface area contributed by atoms with Crippen LogP contribution < -0.4 is 14.4 Å². The zero-order chi connectivity index (χ0) is 31.0. The number of amides is 2. The van der Waals surface area contributed by atoms with Gasteiger partial charge in [0.15, 0.2) is 0 Å². The summed E-state index contributed by atoms with van der Waals surface area (Å²) in [5.74, 6) is -0.405. The van der Waals surface area contributed by atoms with Gasteiger partial charge in [0.05, 0.1) is 34.1 Å². The van der Waals surface area contributed by atoms with Gasteiger partial charge in [-0.3, -0.25) is 13.9 Å². The van der Waals surface area contributed by atoms with E-state index in [1.807, 2.05) is 44.2 Å². The quantitative estimate of drug-likeness (QED) is 0.229. The Labute approximate surface area is 262 Å². The molecule has 0 bridgehead atoms. The standard InChI is InChI=1S/C30H34Cl3N3O5S/c1-5-20(2)34-30(38)28(15-21-10-7-6-8-11-21)35(18-22-12-9-13-23(14-22)41-3)29(37)19-36(42(4,39)40)27-17-25(32)24(31)16-26(27)33/h6-14,16-17,20,28H,5,15,18-19H2,1-4H3,(H,34,38)/t20-,28+/m1/s1. The number of hydrogen-bond donors (Lipinski definition) is 1. The van der Waals surface area contributed by atoms with Crippen LogP contribution in [0.5, 0.6) is 5.75 Å². The molecule has 0 fully saturated rings. The van der Waals surface area contributed by atoms with Crippen LogP contribution in [0.15, 0.2) is 66.7 Å². The topological polar surface area (TPSA) is 96.0 Å². The lowest BCUT2D eigenvalue weighted by Crippen LogP contribution is -2.54. The summed E-state index contributed by atoms with van der Waals surface area (Å²) in [6, 6.07) is 17.9. The van der Waals surface area contributed by atoms with E-state index in [1.165, 1.54) is 24.1 Å². The van der Waals surface area contributed by atoms with Crippen molar-refractivity contribution in [2.75, 3.05) is 24.2 Å². The van der Waals surface area contributed by atoms with E-state index in [0.29, 0.717) is 17.7 Å². The van der Waals surface area contributed by atoms with Gasteiger partial charge in [0.25, 0.3) is 0 Å². The van der Waals surface area contributed by atoms with E-state index in [2.05, 4.69) is 5.32 Å². The molecule has 0 unspecified atom stereocenters. The highest BCUT2D eigenvalue weighted by Crippen LogP contribution is 2.35. The molecule has 0 heterocycles. The van der Waals surface area contributed by atoms with Gasteiger partial charge in [0.1, 0.15) is 18.3 Å². The maximum Gasteiger partial charge on any atom is 0.244 e. The predicted molar refractivity (Wildman–Crippen MR) is 169 cm³/mol. The number of rotatable bonds is 13. The third kappa shape index (κ3) is 9.01. The Morgan fingerprint density at radius 2 is 1.57 bits per heavy atom. The van der Waals surface area contributed by atoms with E-state index < -0.39 is 28.5 Å². The fourth-order valence-corrected chi connectivity index (χ4v) is 5.81. The van der Waals surface area contributed by atoms with Gasteiger partial charge in [-0.25, -0.2) is 8.42 Å². The molecule has 226 valence electrons. The van der Waals surface area contributed by atoms with Crippen molar-refractivity contribution >= 4 is 62.3 Å². The first-order chi connectivity index (χ1) is 19.8. The van der Waals surface area contributed by atoms with E-state index in [4.69, 9.17) is 39.5 Å². The fourth-order valence-electron chi connectivity index (χ4n) is 4.26. The lowest BCUT2D eigenvalue weighted by atomic mass is 10.0. The smallest absolute Gasteiger partial charge is 0.244 e. The molecule has 12 heteroatoms. The summed E-state index contributed by atoms with van der Waals surface area (Å²) in [6.07, 6.45) is 1.85. The van der Waals surface area contributed by atoms with Gasteiger partial charge in [-0.05, 0) is 48.7 Å². The van der Waals surface area contributed by atoms with Gasteiger partial charge in [0, 0.05) is 19.0 Å². The first-order valence-corrected chi connectivity index (χ1v) is 16.2. The van der Waals surface area contributed by atoms with E-state index in [0.717, 1.165) is 16.1 Å².